The Bertz CT molecular complexity index is 372. The van der Waals surface area contributed by atoms with Crippen molar-refractivity contribution in [2.45, 2.75) is 50.9 Å². The molecule has 0 aromatic rings. The van der Waals surface area contributed by atoms with Gasteiger partial charge in [-0.05, 0) is 6.42 Å². The molecule has 0 bridgehead atoms. The van der Waals surface area contributed by atoms with Gasteiger partial charge in [0.25, 0.3) is 0 Å². The molecule has 2 rings (SSSR count). The second-order valence-electron chi connectivity index (χ2n) is 5.64. The molecular formula is C14H25N3O4. The first-order valence-electron chi connectivity index (χ1n) is 7.69. The predicted octanol–water partition coefficient (Wildman–Crippen LogP) is 0.579. The number of nitrogens with zero attached hydrogens (tertiary/aromatic N) is 1. The highest BCUT2D eigenvalue weighted by molar-refractivity contribution is 5.86. The van der Waals surface area contributed by atoms with Crippen molar-refractivity contribution in [1.29, 1.82) is 0 Å². The maximum Gasteiger partial charge on any atom is 0.312 e. The number of nitrogens with one attached hydrogen (secondary N) is 1. The van der Waals surface area contributed by atoms with Gasteiger partial charge in [-0.1, -0.05) is 19.8 Å². The summed E-state index contributed by atoms with van der Waals surface area (Å²) in [5.74, 6) is -0.553. The monoisotopic (exact) mass is 299 g/mol. The average Bonchev–Trinajstić information content (AvgIpc) is 2.91. The van der Waals surface area contributed by atoms with Crippen LogP contribution in [0.3, 0.4) is 0 Å². The van der Waals surface area contributed by atoms with Crippen molar-refractivity contribution in [2.24, 2.45) is 5.73 Å². The average molecular weight is 299 g/mol. The summed E-state index contributed by atoms with van der Waals surface area (Å²) in [6.45, 7) is 4.46. The van der Waals surface area contributed by atoms with E-state index in [0.29, 0.717) is 45.6 Å². The third kappa shape index (κ3) is 4.07. The Morgan fingerprint density at radius 2 is 1.90 bits per heavy atom. The van der Waals surface area contributed by atoms with E-state index < -0.39 is 17.9 Å². The van der Waals surface area contributed by atoms with Crippen molar-refractivity contribution in [3.8, 4) is 0 Å². The van der Waals surface area contributed by atoms with Crippen LogP contribution in [0, 0.1) is 0 Å². The molecule has 0 aromatic carbocycles. The fourth-order valence-corrected chi connectivity index (χ4v) is 2.91. The lowest BCUT2D eigenvalue weighted by atomic mass is 10.0. The molecule has 2 fully saturated rings. The molecule has 3 N–H and O–H groups in total. The van der Waals surface area contributed by atoms with Gasteiger partial charge >= 0.3 is 6.03 Å². The molecule has 120 valence electrons. The smallest absolute Gasteiger partial charge is 0.312 e. The van der Waals surface area contributed by atoms with E-state index in [-0.39, 0.29) is 5.91 Å². The van der Waals surface area contributed by atoms with Crippen molar-refractivity contribution >= 4 is 11.9 Å². The SMILES string of the molecule is CCCC[C@@H](NC(N)=O)C(=O)N1CCC2(CC1)OCCO2. The van der Waals surface area contributed by atoms with Crippen LogP contribution in [0.25, 0.3) is 0 Å². The molecule has 1 spiro atoms. The largest absolute Gasteiger partial charge is 0.352 e. The predicted molar refractivity (Wildman–Crippen MR) is 76.5 cm³/mol. The van der Waals surface area contributed by atoms with E-state index in [1.807, 2.05) is 6.92 Å². The van der Waals surface area contributed by atoms with E-state index in [1.165, 1.54) is 0 Å². The molecule has 2 saturated heterocycles. The number of likely N-dealkylation sites (tertiary alicyclic amines) is 1. The number of piperidine rings is 1. The topological polar surface area (TPSA) is 93.9 Å². The third-order valence-electron chi connectivity index (χ3n) is 4.11. The van der Waals surface area contributed by atoms with Crippen LogP contribution in [0.2, 0.25) is 0 Å². The second kappa shape index (κ2) is 7.09. The molecule has 2 aliphatic rings. The number of hydrogen-bond acceptors (Lipinski definition) is 4. The fourth-order valence-electron chi connectivity index (χ4n) is 2.91. The standard InChI is InChI=1S/C14H25N3O4/c1-2-3-4-11(16-13(15)19)12(18)17-7-5-14(6-8-17)20-9-10-21-14/h11H,2-10H2,1H3,(H3,15,16,19)/t11-/m1/s1. The zero-order valence-electron chi connectivity index (χ0n) is 12.6. The zero-order valence-corrected chi connectivity index (χ0v) is 12.6. The molecule has 0 radical (unpaired) electrons. The molecule has 2 aliphatic heterocycles. The second-order valence-corrected chi connectivity index (χ2v) is 5.64. The number of carbonyl (C=O) groups is 2. The number of primary amides is 1. The van der Waals surface area contributed by atoms with Gasteiger partial charge in [0.05, 0.1) is 13.2 Å². The van der Waals surface area contributed by atoms with E-state index in [9.17, 15) is 9.59 Å². The molecule has 2 heterocycles. The normalized spacial score (nSPS) is 22.2. The van der Waals surface area contributed by atoms with Crippen LogP contribution in [0.4, 0.5) is 4.79 Å². The highest BCUT2D eigenvalue weighted by Gasteiger charge is 2.41. The van der Waals surface area contributed by atoms with Crippen molar-refractivity contribution in [3.05, 3.63) is 0 Å². The van der Waals surface area contributed by atoms with Gasteiger partial charge in [0.15, 0.2) is 5.79 Å². The quantitative estimate of drug-likeness (QED) is 0.776. The number of ether oxygens (including phenoxy) is 2. The van der Waals surface area contributed by atoms with Crippen LogP contribution in [0.1, 0.15) is 39.0 Å². The zero-order chi connectivity index (χ0) is 15.3. The van der Waals surface area contributed by atoms with E-state index in [2.05, 4.69) is 5.32 Å². The first-order valence-corrected chi connectivity index (χ1v) is 7.69. The summed E-state index contributed by atoms with van der Waals surface area (Å²) in [6.07, 6.45) is 3.81. The first kappa shape index (κ1) is 16.0. The van der Waals surface area contributed by atoms with Crippen LogP contribution in [0.5, 0.6) is 0 Å². The van der Waals surface area contributed by atoms with E-state index in [4.69, 9.17) is 15.2 Å². The van der Waals surface area contributed by atoms with Crippen LogP contribution < -0.4 is 11.1 Å². The Kier molecular flexibility index (Phi) is 5.41. The van der Waals surface area contributed by atoms with Crippen molar-refractivity contribution in [2.75, 3.05) is 26.3 Å². The highest BCUT2D eigenvalue weighted by Crippen LogP contribution is 2.31. The van der Waals surface area contributed by atoms with Crippen molar-refractivity contribution < 1.29 is 19.1 Å². The van der Waals surface area contributed by atoms with Gasteiger partial charge in [0.2, 0.25) is 5.91 Å². The van der Waals surface area contributed by atoms with Gasteiger partial charge in [-0.2, -0.15) is 0 Å². The van der Waals surface area contributed by atoms with Gasteiger partial charge in [0, 0.05) is 25.9 Å². The summed E-state index contributed by atoms with van der Waals surface area (Å²) in [5.41, 5.74) is 5.17. The Morgan fingerprint density at radius 3 is 2.43 bits per heavy atom. The summed E-state index contributed by atoms with van der Waals surface area (Å²) < 4.78 is 11.3. The van der Waals surface area contributed by atoms with Crippen LogP contribution >= 0.6 is 0 Å². The van der Waals surface area contributed by atoms with E-state index in [1.54, 1.807) is 4.90 Å². The molecule has 1 atom stereocenters. The molecule has 0 aliphatic carbocycles. The maximum absolute atomic E-state index is 12.5. The molecule has 0 saturated carbocycles. The Morgan fingerprint density at radius 1 is 1.29 bits per heavy atom. The molecule has 0 aromatic heterocycles. The summed E-state index contributed by atoms with van der Waals surface area (Å²) in [4.78, 5) is 25.4. The number of rotatable bonds is 5. The van der Waals surface area contributed by atoms with Crippen molar-refractivity contribution in [3.63, 3.8) is 0 Å². The number of nitrogens with two attached hydrogens (primary N) is 1. The molecule has 3 amide bonds. The maximum atomic E-state index is 12.5. The van der Waals surface area contributed by atoms with Gasteiger partial charge in [0.1, 0.15) is 6.04 Å². The van der Waals surface area contributed by atoms with Gasteiger partial charge in [-0.3, -0.25) is 4.79 Å². The fraction of sp³-hybridized carbons (Fsp3) is 0.857. The number of hydrogen-bond donors (Lipinski definition) is 2. The number of amides is 3. The molecule has 7 heteroatoms. The molecule has 7 nitrogen and oxygen atoms in total. The van der Waals surface area contributed by atoms with Crippen LogP contribution in [-0.4, -0.2) is 55.0 Å². The van der Waals surface area contributed by atoms with Crippen LogP contribution in [0.15, 0.2) is 0 Å². The summed E-state index contributed by atoms with van der Waals surface area (Å²) >= 11 is 0. The molecule has 0 unspecified atom stereocenters. The Hall–Kier alpha value is -1.34. The summed E-state index contributed by atoms with van der Waals surface area (Å²) in [5, 5.41) is 2.56. The minimum absolute atomic E-state index is 0.0601. The van der Waals surface area contributed by atoms with Gasteiger partial charge in [-0.25, -0.2) is 4.79 Å². The number of unbranched alkanes of at least 4 members (excludes halogenated alkanes) is 1. The number of urea groups is 1. The summed E-state index contributed by atoms with van der Waals surface area (Å²) in [7, 11) is 0. The minimum Gasteiger partial charge on any atom is -0.352 e. The minimum atomic E-state index is -0.652. The highest BCUT2D eigenvalue weighted by atomic mass is 16.7. The lowest BCUT2D eigenvalue weighted by molar-refractivity contribution is -0.187. The van der Waals surface area contributed by atoms with Crippen LogP contribution in [-0.2, 0) is 14.3 Å². The molecular weight excluding hydrogens is 274 g/mol. The van der Waals surface area contributed by atoms with E-state index in [0.717, 1.165) is 12.8 Å². The van der Waals surface area contributed by atoms with E-state index >= 15 is 0 Å². The van der Waals surface area contributed by atoms with Gasteiger partial charge in [-0.15, -0.1) is 0 Å². The summed E-state index contributed by atoms with van der Waals surface area (Å²) in [6, 6.07) is -1.18. The van der Waals surface area contributed by atoms with Gasteiger partial charge < -0.3 is 25.4 Å². The lowest BCUT2D eigenvalue weighted by Gasteiger charge is -2.38. The lowest BCUT2D eigenvalue weighted by Crippen LogP contribution is -2.54. The Balaban J connectivity index is 1.89. The number of carbonyl (C=O) groups excluding carboxylic acids is 2. The van der Waals surface area contributed by atoms with Crippen molar-refractivity contribution in [1.82, 2.24) is 10.2 Å². The first-order chi connectivity index (χ1) is 10.1. The Labute approximate surface area is 125 Å². The third-order valence-corrected chi connectivity index (χ3v) is 4.11. The molecule has 21 heavy (non-hydrogen) atoms.